The highest BCUT2D eigenvalue weighted by molar-refractivity contribution is 6.36. The summed E-state index contributed by atoms with van der Waals surface area (Å²) in [4.78, 5) is 0. The molecule has 1 aromatic rings. The van der Waals surface area contributed by atoms with Gasteiger partial charge in [-0.25, -0.2) is 0 Å². The zero-order valence-electron chi connectivity index (χ0n) is 8.60. The van der Waals surface area contributed by atoms with Crippen LogP contribution >= 0.6 is 35.6 Å². The van der Waals surface area contributed by atoms with Gasteiger partial charge in [0.15, 0.2) is 0 Å². The zero-order valence-corrected chi connectivity index (χ0v) is 10.9. The van der Waals surface area contributed by atoms with Crippen molar-refractivity contribution in [1.29, 1.82) is 0 Å². The van der Waals surface area contributed by atoms with Crippen LogP contribution in [0.3, 0.4) is 0 Å². The molecule has 0 aliphatic rings. The van der Waals surface area contributed by atoms with Gasteiger partial charge in [-0.05, 0) is 18.6 Å². The van der Waals surface area contributed by atoms with Crippen LogP contribution in [0.25, 0.3) is 0 Å². The molecule has 0 spiro atoms. The molecule has 2 N–H and O–H groups in total. The Labute approximate surface area is 113 Å². The first-order valence-electron chi connectivity index (χ1n) is 4.57. The summed E-state index contributed by atoms with van der Waals surface area (Å²) in [5, 5.41) is 0.587. The molecule has 1 aromatic carbocycles. The largest absolute Gasteiger partial charge is 0.389 e. The van der Waals surface area contributed by atoms with Crippen LogP contribution in [-0.2, 0) is 0 Å². The van der Waals surface area contributed by atoms with Gasteiger partial charge < -0.3 is 5.73 Å². The molecular weight excluding hydrogens is 297 g/mol. The van der Waals surface area contributed by atoms with Crippen molar-refractivity contribution in [3.8, 4) is 0 Å². The third-order valence-corrected chi connectivity index (χ3v) is 2.77. The van der Waals surface area contributed by atoms with E-state index in [2.05, 4.69) is 0 Å². The molecule has 0 saturated heterocycles. The number of alkyl halides is 3. The van der Waals surface area contributed by atoms with Gasteiger partial charge in [0.25, 0.3) is 0 Å². The van der Waals surface area contributed by atoms with Crippen molar-refractivity contribution in [1.82, 2.24) is 0 Å². The van der Waals surface area contributed by atoms with Gasteiger partial charge in [-0.2, -0.15) is 13.2 Å². The number of hydrogen-bond acceptors (Lipinski definition) is 1. The maximum atomic E-state index is 12.0. The van der Waals surface area contributed by atoms with E-state index in [0.29, 0.717) is 15.6 Å². The molecule has 0 aliphatic carbocycles. The third-order valence-electron chi connectivity index (χ3n) is 2.11. The lowest BCUT2D eigenvalue weighted by Gasteiger charge is -2.16. The summed E-state index contributed by atoms with van der Waals surface area (Å²) >= 11 is 11.7. The molecule has 0 radical (unpaired) electrons. The van der Waals surface area contributed by atoms with Crippen molar-refractivity contribution >= 4 is 35.6 Å². The van der Waals surface area contributed by atoms with Crippen LogP contribution in [0.5, 0.6) is 0 Å². The summed E-state index contributed by atoms with van der Waals surface area (Å²) in [7, 11) is 0. The summed E-state index contributed by atoms with van der Waals surface area (Å²) in [6, 6.07) is 3.92. The Bertz CT molecular complexity index is 348. The van der Waals surface area contributed by atoms with Gasteiger partial charge in [0.2, 0.25) is 0 Å². The molecule has 0 bridgehead atoms. The Morgan fingerprint density at radius 3 is 2.06 bits per heavy atom. The van der Waals surface area contributed by atoms with E-state index >= 15 is 0 Å². The van der Waals surface area contributed by atoms with Crippen LogP contribution in [0.15, 0.2) is 18.2 Å². The van der Waals surface area contributed by atoms with Crippen molar-refractivity contribution in [2.75, 3.05) is 0 Å². The lowest BCUT2D eigenvalue weighted by molar-refractivity contribution is -0.136. The minimum Gasteiger partial charge on any atom is -0.324 e. The van der Waals surface area contributed by atoms with E-state index in [1.165, 1.54) is 0 Å². The van der Waals surface area contributed by atoms with Crippen LogP contribution in [-0.4, -0.2) is 6.18 Å². The molecule has 98 valence electrons. The summed E-state index contributed by atoms with van der Waals surface area (Å²) in [6.45, 7) is 0. The Kier molecular flexibility index (Phi) is 6.62. The van der Waals surface area contributed by atoms with E-state index in [1.54, 1.807) is 18.2 Å². The normalized spacial score (nSPS) is 13.1. The second-order valence-electron chi connectivity index (χ2n) is 3.40. The molecule has 1 nitrogen and oxygen atoms in total. The van der Waals surface area contributed by atoms with Crippen LogP contribution in [0.4, 0.5) is 13.2 Å². The molecule has 1 atom stereocenters. The minimum atomic E-state index is -4.22. The zero-order chi connectivity index (χ0) is 12.3. The van der Waals surface area contributed by atoms with Crippen molar-refractivity contribution in [2.45, 2.75) is 25.1 Å². The lowest BCUT2D eigenvalue weighted by Crippen LogP contribution is -2.16. The Balaban J connectivity index is 0.00000256. The van der Waals surface area contributed by atoms with Crippen molar-refractivity contribution in [3.63, 3.8) is 0 Å². The standard InChI is InChI=1S/C10H10Cl2F3N.ClH/c11-6-2-1-3-7(12)9(6)8(16)4-5-10(13,14)15;/h1-3,8H,4-5,16H2;1H/t8-;/m1./s1. The number of halogens is 6. The maximum absolute atomic E-state index is 12.0. The van der Waals surface area contributed by atoms with E-state index in [0.717, 1.165) is 0 Å². The Morgan fingerprint density at radius 2 is 1.65 bits per heavy atom. The van der Waals surface area contributed by atoms with Gasteiger partial charge in [-0.1, -0.05) is 29.3 Å². The van der Waals surface area contributed by atoms with Crippen LogP contribution in [0.1, 0.15) is 24.4 Å². The van der Waals surface area contributed by atoms with Crippen molar-refractivity contribution < 1.29 is 13.2 Å². The first kappa shape index (κ1) is 16.8. The van der Waals surface area contributed by atoms with Crippen LogP contribution < -0.4 is 5.73 Å². The molecule has 0 unspecified atom stereocenters. The predicted octanol–water partition coefficient (Wildman–Crippen LogP) is 4.76. The van der Waals surface area contributed by atoms with Gasteiger partial charge in [0, 0.05) is 28.1 Å². The maximum Gasteiger partial charge on any atom is 0.389 e. The SMILES string of the molecule is Cl.N[C@H](CCC(F)(F)F)c1c(Cl)cccc1Cl. The van der Waals surface area contributed by atoms with Crippen LogP contribution in [0.2, 0.25) is 10.0 Å². The summed E-state index contributed by atoms with van der Waals surface area (Å²) in [5.74, 6) is 0. The van der Waals surface area contributed by atoms with E-state index in [4.69, 9.17) is 28.9 Å². The summed E-state index contributed by atoms with van der Waals surface area (Å²) < 4.78 is 36.0. The van der Waals surface area contributed by atoms with E-state index in [9.17, 15) is 13.2 Å². The van der Waals surface area contributed by atoms with Gasteiger partial charge in [-0.3, -0.25) is 0 Å². The lowest BCUT2D eigenvalue weighted by atomic mass is 10.0. The number of hydrogen-bond donors (Lipinski definition) is 1. The highest BCUT2D eigenvalue weighted by Gasteiger charge is 2.28. The quantitative estimate of drug-likeness (QED) is 0.856. The highest BCUT2D eigenvalue weighted by atomic mass is 35.5. The van der Waals surface area contributed by atoms with Crippen LogP contribution in [0, 0.1) is 0 Å². The van der Waals surface area contributed by atoms with E-state index in [1.807, 2.05) is 0 Å². The molecule has 1 rings (SSSR count). The van der Waals surface area contributed by atoms with Gasteiger partial charge in [0.1, 0.15) is 0 Å². The fourth-order valence-corrected chi connectivity index (χ4v) is 2.01. The fourth-order valence-electron chi connectivity index (χ4n) is 1.33. The number of rotatable bonds is 3. The second-order valence-corrected chi connectivity index (χ2v) is 4.21. The smallest absolute Gasteiger partial charge is 0.324 e. The number of benzene rings is 1. The van der Waals surface area contributed by atoms with Gasteiger partial charge in [0.05, 0.1) is 0 Å². The molecule has 0 heterocycles. The molecule has 7 heteroatoms. The molecule has 0 saturated carbocycles. The second kappa shape index (κ2) is 6.69. The molecule has 0 fully saturated rings. The average molecular weight is 309 g/mol. The summed E-state index contributed by atoms with van der Waals surface area (Å²) in [6.07, 6.45) is -5.39. The Hall–Kier alpha value is -0.160. The fraction of sp³-hybridized carbons (Fsp3) is 0.400. The first-order chi connectivity index (χ1) is 7.31. The molecule has 17 heavy (non-hydrogen) atoms. The topological polar surface area (TPSA) is 26.0 Å². The Morgan fingerprint density at radius 1 is 1.18 bits per heavy atom. The molecule has 0 amide bonds. The third kappa shape index (κ3) is 5.34. The first-order valence-corrected chi connectivity index (χ1v) is 5.33. The molecule has 0 aromatic heterocycles. The highest BCUT2D eigenvalue weighted by Crippen LogP contribution is 2.33. The summed E-state index contributed by atoms with van der Waals surface area (Å²) in [5.41, 5.74) is 6.01. The van der Waals surface area contributed by atoms with Gasteiger partial charge >= 0.3 is 6.18 Å². The average Bonchev–Trinajstić information content (AvgIpc) is 2.13. The molecular formula is C10H11Cl3F3N. The monoisotopic (exact) mass is 307 g/mol. The van der Waals surface area contributed by atoms with Crippen molar-refractivity contribution in [2.24, 2.45) is 5.73 Å². The van der Waals surface area contributed by atoms with Crippen molar-refractivity contribution in [3.05, 3.63) is 33.8 Å². The predicted molar refractivity (Wildman–Crippen MR) is 65.9 cm³/mol. The minimum absolute atomic E-state index is 0. The molecule has 0 aliphatic heterocycles. The van der Waals surface area contributed by atoms with E-state index < -0.39 is 18.6 Å². The van der Waals surface area contributed by atoms with E-state index in [-0.39, 0.29) is 18.8 Å². The number of nitrogens with two attached hydrogens (primary N) is 1. The van der Waals surface area contributed by atoms with Gasteiger partial charge in [-0.15, -0.1) is 12.4 Å².